The molecule has 4 N–H and O–H groups in total. The van der Waals surface area contributed by atoms with Crippen LogP contribution >= 0.6 is 0 Å². The first-order valence-electron chi connectivity index (χ1n) is 18.6. The molecule has 11 nitrogen and oxygen atoms in total. The lowest BCUT2D eigenvalue weighted by Crippen LogP contribution is -2.66. The van der Waals surface area contributed by atoms with Crippen molar-refractivity contribution in [3.05, 3.63) is 0 Å². The molecule has 0 saturated carbocycles. The predicted molar refractivity (Wildman–Crippen MR) is 178 cm³/mol. The summed E-state index contributed by atoms with van der Waals surface area (Å²) in [6, 6.07) is -1.37. The van der Waals surface area contributed by atoms with E-state index in [0.29, 0.717) is 12.8 Å². The van der Waals surface area contributed by atoms with Gasteiger partial charge in [-0.15, -0.1) is 0 Å². The number of esters is 1. The molecule has 5 atom stereocenters. The zero-order valence-electron chi connectivity index (χ0n) is 29.6. The molecule has 1 unspecified atom stereocenters. The van der Waals surface area contributed by atoms with E-state index in [2.05, 4.69) is 23.7 Å². The fraction of sp³-hybridized carbons (Fsp3) is 0.941. The van der Waals surface area contributed by atoms with Gasteiger partial charge in [-0.25, -0.2) is 4.18 Å². The third kappa shape index (κ3) is 20.8. The number of aliphatic hydroxyl groups excluding tert-OH is 2. The maximum Gasteiger partial charge on any atom is 0.397 e. The van der Waals surface area contributed by atoms with Crippen LogP contribution in [0.4, 0.5) is 0 Å². The second-order valence-corrected chi connectivity index (χ2v) is 13.8. The van der Waals surface area contributed by atoms with Crippen molar-refractivity contribution in [3.63, 3.8) is 0 Å². The number of carbonyl (C=O) groups excluding carboxylic acids is 2. The third-order valence-corrected chi connectivity index (χ3v) is 9.12. The topological polar surface area (TPSA) is 169 Å². The molecule has 0 aromatic rings. The van der Waals surface area contributed by atoms with Crippen LogP contribution in [0.5, 0.6) is 0 Å². The summed E-state index contributed by atoms with van der Waals surface area (Å²) in [5.41, 5.74) is 0. The van der Waals surface area contributed by atoms with E-state index in [9.17, 15) is 28.2 Å². The SMILES string of the molecule is [2H]OS(=O)(=O)O[C@H]1[C@H](OC(=O)CCCCCCCCCCCCC)[C@@H](NC(=O)CCCCCCCCCCCCC)C(O)O[C@@H]1CO. The zero-order valence-corrected chi connectivity index (χ0v) is 29.4. The van der Waals surface area contributed by atoms with Crippen molar-refractivity contribution in [1.29, 1.82) is 1.43 Å². The molecule has 0 aliphatic carbocycles. The summed E-state index contributed by atoms with van der Waals surface area (Å²) in [7, 11) is -4.88. The molecule has 1 amide bonds. The molecule has 272 valence electrons. The lowest BCUT2D eigenvalue weighted by atomic mass is 9.96. The minimum absolute atomic E-state index is 0.0437. The van der Waals surface area contributed by atoms with Crippen LogP contribution in [0, 0.1) is 0 Å². The average molecular weight is 681 g/mol. The summed E-state index contributed by atoms with van der Waals surface area (Å²) in [4.78, 5) is 25.7. The van der Waals surface area contributed by atoms with Crippen molar-refractivity contribution >= 4 is 22.3 Å². The highest BCUT2D eigenvalue weighted by Crippen LogP contribution is 2.27. The van der Waals surface area contributed by atoms with Gasteiger partial charge in [-0.1, -0.05) is 142 Å². The number of amides is 1. The zero-order chi connectivity index (χ0) is 34.8. The molecule has 0 spiro atoms. The Morgan fingerprint density at radius 2 is 1.15 bits per heavy atom. The van der Waals surface area contributed by atoms with Crippen molar-refractivity contribution in [2.45, 2.75) is 199 Å². The Bertz CT molecular complexity index is 909. The minimum atomic E-state index is -4.88. The van der Waals surface area contributed by atoms with Gasteiger partial charge in [-0.3, -0.25) is 14.1 Å². The molecular formula is C34H65NO10S. The molecule has 1 aliphatic rings. The molecule has 0 aromatic carbocycles. The van der Waals surface area contributed by atoms with Gasteiger partial charge in [0.15, 0.2) is 12.4 Å². The molecule has 1 fully saturated rings. The number of carbonyl (C=O) groups is 2. The van der Waals surface area contributed by atoms with Gasteiger partial charge in [0.1, 0.15) is 18.2 Å². The minimum Gasteiger partial charge on any atom is -0.457 e. The molecule has 0 aromatic heterocycles. The maximum absolute atomic E-state index is 12.9. The average Bonchev–Trinajstić information content (AvgIpc) is 3.05. The van der Waals surface area contributed by atoms with Crippen LogP contribution in [0.3, 0.4) is 0 Å². The number of rotatable bonds is 30. The van der Waals surface area contributed by atoms with E-state index < -0.39 is 59.5 Å². The fourth-order valence-electron chi connectivity index (χ4n) is 5.96. The molecular weight excluding hydrogens is 614 g/mol. The van der Waals surface area contributed by atoms with E-state index in [4.69, 9.17) is 15.1 Å². The van der Waals surface area contributed by atoms with Crippen LogP contribution in [-0.2, 0) is 33.6 Å². The second kappa shape index (κ2) is 26.6. The first kappa shape index (κ1) is 40.9. The number of hydrogen-bond donors (Lipinski definition) is 4. The maximum atomic E-state index is 12.9. The van der Waals surface area contributed by atoms with Gasteiger partial charge >= 0.3 is 16.4 Å². The summed E-state index contributed by atoms with van der Waals surface area (Å²) in [6.07, 6.45) is 18.4. The predicted octanol–water partition coefficient (Wildman–Crippen LogP) is 6.68. The molecule has 1 aliphatic heterocycles. The van der Waals surface area contributed by atoms with Gasteiger partial charge < -0.3 is 25.0 Å². The van der Waals surface area contributed by atoms with Gasteiger partial charge in [0, 0.05) is 12.8 Å². The lowest BCUT2D eigenvalue weighted by Gasteiger charge is -2.43. The summed E-state index contributed by atoms with van der Waals surface area (Å²) < 4.78 is 50.4. The van der Waals surface area contributed by atoms with Crippen LogP contribution in [0.1, 0.15) is 168 Å². The van der Waals surface area contributed by atoms with E-state index in [0.717, 1.165) is 44.9 Å². The lowest BCUT2D eigenvalue weighted by molar-refractivity contribution is -0.254. The van der Waals surface area contributed by atoms with Gasteiger partial charge in [0.25, 0.3) is 0 Å². The number of ether oxygens (including phenoxy) is 2. The Balaban J connectivity index is 2.62. The number of unbranched alkanes of at least 4 members (excludes halogenated alkanes) is 20. The van der Waals surface area contributed by atoms with Gasteiger partial charge in [0.2, 0.25) is 7.34 Å². The van der Waals surface area contributed by atoms with Crippen molar-refractivity contribution < 1.29 is 46.4 Å². The monoisotopic (exact) mass is 680 g/mol. The quantitative estimate of drug-likeness (QED) is 0.0365. The number of aliphatic hydroxyl groups is 2. The largest absolute Gasteiger partial charge is 0.457 e. The van der Waals surface area contributed by atoms with E-state index in [1.807, 2.05) is 0 Å². The van der Waals surface area contributed by atoms with Crippen molar-refractivity contribution in [1.82, 2.24) is 5.32 Å². The Kier molecular flexibility index (Phi) is 23.6. The van der Waals surface area contributed by atoms with E-state index in [1.54, 1.807) is 0 Å². The van der Waals surface area contributed by atoms with Crippen molar-refractivity contribution in [3.8, 4) is 0 Å². The van der Waals surface area contributed by atoms with E-state index in [-0.39, 0.29) is 12.8 Å². The number of nitrogens with one attached hydrogen (secondary N) is 1. The first-order valence-corrected chi connectivity index (χ1v) is 19.5. The third-order valence-electron chi connectivity index (χ3n) is 8.66. The van der Waals surface area contributed by atoms with Crippen LogP contribution < -0.4 is 5.32 Å². The molecule has 46 heavy (non-hydrogen) atoms. The van der Waals surface area contributed by atoms with Gasteiger partial charge in [-0.05, 0) is 12.8 Å². The van der Waals surface area contributed by atoms with Crippen LogP contribution in [0.2, 0.25) is 0 Å². The highest BCUT2D eigenvalue weighted by atomic mass is 32.3. The normalized spacial score (nSPS) is 22.0. The van der Waals surface area contributed by atoms with Crippen molar-refractivity contribution in [2.24, 2.45) is 0 Å². The molecule has 0 radical (unpaired) electrons. The van der Waals surface area contributed by atoms with Crippen LogP contribution in [0.15, 0.2) is 0 Å². The summed E-state index contributed by atoms with van der Waals surface area (Å²) in [6.45, 7) is 3.62. The number of hydrogen-bond acceptors (Lipinski definition) is 10. The van der Waals surface area contributed by atoms with Crippen LogP contribution in [-0.4, -0.2) is 72.3 Å². The van der Waals surface area contributed by atoms with E-state index in [1.165, 1.54) is 83.5 Å². The first-order chi connectivity index (χ1) is 22.7. The van der Waals surface area contributed by atoms with Gasteiger partial charge in [-0.2, -0.15) is 8.42 Å². The fourth-order valence-corrected chi connectivity index (χ4v) is 6.47. The highest BCUT2D eigenvalue weighted by Gasteiger charge is 2.50. The van der Waals surface area contributed by atoms with Gasteiger partial charge in [0.05, 0.1) is 6.61 Å². The summed E-state index contributed by atoms with van der Waals surface area (Å²) >= 11 is 0. The molecule has 1 heterocycles. The Morgan fingerprint density at radius 1 is 0.717 bits per heavy atom. The molecule has 12 heteroatoms. The van der Waals surface area contributed by atoms with E-state index >= 15 is 0 Å². The molecule has 0 bridgehead atoms. The second-order valence-electron chi connectivity index (χ2n) is 12.8. The summed E-state index contributed by atoms with van der Waals surface area (Å²) in [5.74, 6) is -1.10. The Hall–Kier alpha value is -1.31. The smallest absolute Gasteiger partial charge is 0.397 e. The molecule has 1 saturated heterocycles. The Labute approximate surface area is 280 Å². The highest BCUT2D eigenvalue weighted by molar-refractivity contribution is 7.80. The summed E-state index contributed by atoms with van der Waals surface area (Å²) in [5, 5.41) is 23.1. The Morgan fingerprint density at radius 3 is 1.59 bits per heavy atom. The van der Waals surface area contributed by atoms with Crippen molar-refractivity contribution in [2.75, 3.05) is 6.61 Å². The molecule has 1 rings (SSSR count). The van der Waals surface area contributed by atoms with Crippen LogP contribution in [0.25, 0.3) is 1.43 Å². The standard InChI is InChI=1S/C34H65NO10S/c1-3-5-7-9-11-13-15-17-19-21-23-25-29(37)35-31-33(32(45-46(40,41)42)28(27-36)43-34(31)39)44-30(38)26-24-22-20-18-16-14-12-10-8-6-4-2/h28,31-34,36,39H,3-27H2,1-2H3,(H,35,37)(H,40,41,42)/t28-,31-,32-,33-,34?/m1/s1/i/hD.